The molecule has 6 heteroatoms. The Morgan fingerprint density at radius 3 is 2.69 bits per heavy atom. The van der Waals surface area contributed by atoms with E-state index in [0.717, 1.165) is 5.06 Å². The van der Waals surface area contributed by atoms with Crippen molar-refractivity contribution >= 4 is 5.78 Å². The van der Waals surface area contributed by atoms with E-state index in [9.17, 15) is 18.0 Å². The standard InChI is InChI=1S/C7H8F3NO2/c8-7(9,10)6-3-5-4(12)1-2-11(6)13-5/h5-6H,1-3H2/t5-,6-/m1/s1. The summed E-state index contributed by atoms with van der Waals surface area (Å²) in [6.45, 7) is 0.0551. The summed E-state index contributed by atoms with van der Waals surface area (Å²) in [6, 6.07) is -1.59. The molecule has 0 amide bonds. The smallest absolute Gasteiger partial charge is 0.297 e. The van der Waals surface area contributed by atoms with E-state index >= 15 is 0 Å². The number of hydroxylamine groups is 2. The lowest BCUT2D eigenvalue weighted by Crippen LogP contribution is -2.42. The molecule has 2 aliphatic rings. The van der Waals surface area contributed by atoms with Crippen LogP contribution in [0.1, 0.15) is 12.8 Å². The van der Waals surface area contributed by atoms with Crippen LogP contribution in [0.2, 0.25) is 0 Å². The van der Waals surface area contributed by atoms with E-state index in [2.05, 4.69) is 0 Å². The summed E-state index contributed by atoms with van der Waals surface area (Å²) in [5, 5.41) is 0.881. The van der Waals surface area contributed by atoms with Crippen LogP contribution in [0.15, 0.2) is 0 Å². The highest BCUT2D eigenvalue weighted by molar-refractivity contribution is 5.84. The summed E-state index contributed by atoms with van der Waals surface area (Å²) in [7, 11) is 0. The van der Waals surface area contributed by atoms with Gasteiger partial charge in [-0.1, -0.05) is 0 Å². The molecule has 0 aromatic rings. The molecule has 3 nitrogen and oxygen atoms in total. The quantitative estimate of drug-likeness (QED) is 0.575. The fraction of sp³-hybridized carbons (Fsp3) is 0.857. The zero-order valence-corrected chi connectivity index (χ0v) is 6.67. The van der Waals surface area contributed by atoms with E-state index in [-0.39, 0.29) is 25.2 Å². The van der Waals surface area contributed by atoms with Crippen molar-refractivity contribution in [2.24, 2.45) is 0 Å². The summed E-state index contributed by atoms with van der Waals surface area (Å²) in [5.74, 6) is -0.219. The van der Waals surface area contributed by atoms with E-state index in [4.69, 9.17) is 4.84 Å². The molecular formula is C7H8F3NO2. The highest BCUT2D eigenvalue weighted by Crippen LogP contribution is 2.36. The summed E-state index contributed by atoms with van der Waals surface area (Å²) < 4.78 is 36.9. The second-order valence-corrected chi connectivity index (χ2v) is 3.24. The van der Waals surface area contributed by atoms with Crippen LogP contribution >= 0.6 is 0 Å². The molecule has 2 fully saturated rings. The van der Waals surface area contributed by atoms with Crippen molar-refractivity contribution in [3.63, 3.8) is 0 Å². The highest BCUT2D eigenvalue weighted by Gasteiger charge is 2.53. The zero-order valence-electron chi connectivity index (χ0n) is 6.67. The molecule has 2 saturated heterocycles. The molecule has 74 valence electrons. The Kier molecular flexibility index (Phi) is 1.85. The molecular weight excluding hydrogens is 187 g/mol. The maximum atomic E-state index is 12.3. The monoisotopic (exact) mass is 195 g/mol. The Morgan fingerprint density at radius 1 is 1.46 bits per heavy atom. The number of alkyl halides is 3. The van der Waals surface area contributed by atoms with Gasteiger partial charge in [0.2, 0.25) is 0 Å². The number of carbonyl (C=O) groups is 1. The SMILES string of the molecule is O=C1CCN2O[C@@H]1C[C@@H]2C(F)(F)F. The first kappa shape index (κ1) is 8.96. The van der Waals surface area contributed by atoms with Crippen LogP contribution in [0.3, 0.4) is 0 Å². The maximum absolute atomic E-state index is 12.3. The van der Waals surface area contributed by atoms with E-state index in [1.807, 2.05) is 0 Å². The van der Waals surface area contributed by atoms with Crippen molar-refractivity contribution in [2.75, 3.05) is 6.54 Å². The van der Waals surface area contributed by atoms with Gasteiger partial charge in [0.25, 0.3) is 0 Å². The lowest BCUT2D eigenvalue weighted by Gasteiger charge is -2.25. The molecule has 0 aromatic heterocycles. The molecule has 3 atom stereocenters. The molecule has 2 bridgehead atoms. The number of rotatable bonds is 0. The first-order chi connectivity index (χ1) is 5.98. The number of hydrogen-bond acceptors (Lipinski definition) is 3. The predicted octanol–water partition coefficient (Wildman–Crippen LogP) is 0.896. The Balaban J connectivity index is 2.15. The summed E-state index contributed by atoms with van der Waals surface area (Å²) >= 11 is 0. The van der Waals surface area contributed by atoms with Crippen LogP contribution in [0, 0.1) is 0 Å². The second-order valence-electron chi connectivity index (χ2n) is 3.24. The Bertz CT molecular complexity index is 240. The minimum Gasteiger partial charge on any atom is -0.297 e. The molecule has 1 unspecified atom stereocenters. The van der Waals surface area contributed by atoms with Gasteiger partial charge in [-0.2, -0.15) is 18.2 Å². The largest absolute Gasteiger partial charge is 0.406 e. The Hall–Kier alpha value is -0.620. The number of fused-ring (bicyclic) bond motifs is 2. The molecule has 2 heterocycles. The van der Waals surface area contributed by atoms with Gasteiger partial charge in [0.15, 0.2) is 5.78 Å². The van der Waals surface area contributed by atoms with Crippen LogP contribution in [0.4, 0.5) is 13.2 Å². The van der Waals surface area contributed by atoms with Crippen molar-refractivity contribution in [1.29, 1.82) is 0 Å². The first-order valence-corrected chi connectivity index (χ1v) is 4.01. The van der Waals surface area contributed by atoms with Crippen LogP contribution in [0.5, 0.6) is 0 Å². The van der Waals surface area contributed by atoms with Gasteiger partial charge in [-0.3, -0.25) is 9.63 Å². The van der Waals surface area contributed by atoms with Gasteiger partial charge in [0.1, 0.15) is 12.1 Å². The average molecular weight is 195 g/mol. The van der Waals surface area contributed by atoms with Crippen molar-refractivity contribution in [3.05, 3.63) is 0 Å². The lowest BCUT2D eigenvalue weighted by molar-refractivity contribution is -0.248. The molecule has 0 aromatic carbocycles. The summed E-state index contributed by atoms with van der Waals surface area (Å²) in [5.41, 5.74) is 0. The van der Waals surface area contributed by atoms with Crippen molar-refractivity contribution < 1.29 is 22.8 Å². The van der Waals surface area contributed by atoms with E-state index < -0.39 is 18.3 Å². The molecule has 0 saturated carbocycles. The molecule has 2 aliphatic heterocycles. The van der Waals surface area contributed by atoms with Crippen LogP contribution in [0.25, 0.3) is 0 Å². The van der Waals surface area contributed by atoms with Gasteiger partial charge in [0, 0.05) is 19.4 Å². The number of halogens is 3. The maximum Gasteiger partial charge on any atom is 0.406 e. The highest BCUT2D eigenvalue weighted by atomic mass is 19.4. The molecule has 0 N–H and O–H groups in total. The number of hydrogen-bond donors (Lipinski definition) is 0. The molecule has 2 rings (SSSR count). The van der Waals surface area contributed by atoms with Crippen molar-refractivity contribution in [1.82, 2.24) is 5.06 Å². The third-order valence-electron chi connectivity index (χ3n) is 2.36. The van der Waals surface area contributed by atoms with Crippen LogP contribution in [-0.4, -0.2) is 35.7 Å². The number of nitrogens with zero attached hydrogens (tertiary/aromatic N) is 1. The third kappa shape index (κ3) is 1.44. The lowest BCUT2D eigenvalue weighted by atomic mass is 10.1. The number of ketones is 1. The summed E-state index contributed by atoms with van der Waals surface area (Å²) in [4.78, 5) is 15.8. The fourth-order valence-electron chi connectivity index (χ4n) is 1.68. The topological polar surface area (TPSA) is 29.5 Å². The Morgan fingerprint density at radius 2 is 2.15 bits per heavy atom. The van der Waals surface area contributed by atoms with Crippen LogP contribution in [-0.2, 0) is 9.63 Å². The van der Waals surface area contributed by atoms with Crippen LogP contribution < -0.4 is 0 Å². The van der Waals surface area contributed by atoms with Gasteiger partial charge >= 0.3 is 6.18 Å². The molecule has 0 radical (unpaired) electrons. The Labute approximate surface area is 72.4 Å². The van der Waals surface area contributed by atoms with Gasteiger partial charge in [0.05, 0.1) is 0 Å². The zero-order chi connectivity index (χ0) is 9.64. The normalized spacial score (nSPS) is 39.6. The van der Waals surface area contributed by atoms with Gasteiger partial charge in [-0.05, 0) is 0 Å². The molecule has 0 aliphatic carbocycles. The number of Topliss-reactive ketones (excluding diaryl/α,β-unsaturated/α-hetero) is 1. The average Bonchev–Trinajstić information content (AvgIpc) is 2.36. The van der Waals surface area contributed by atoms with E-state index in [1.165, 1.54) is 0 Å². The van der Waals surface area contributed by atoms with Crippen molar-refractivity contribution in [2.45, 2.75) is 31.2 Å². The minimum absolute atomic E-state index is 0.0551. The number of carbonyl (C=O) groups excluding carboxylic acids is 1. The van der Waals surface area contributed by atoms with Gasteiger partial charge < -0.3 is 0 Å². The second kappa shape index (κ2) is 2.68. The third-order valence-corrected chi connectivity index (χ3v) is 2.36. The van der Waals surface area contributed by atoms with E-state index in [1.54, 1.807) is 0 Å². The van der Waals surface area contributed by atoms with Crippen molar-refractivity contribution in [3.8, 4) is 0 Å². The molecule has 13 heavy (non-hydrogen) atoms. The molecule has 0 spiro atoms. The summed E-state index contributed by atoms with van der Waals surface area (Å²) in [6.07, 6.45) is -5.24. The predicted molar refractivity (Wildman–Crippen MR) is 35.7 cm³/mol. The fourth-order valence-corrected chi connectivity index (χ4v) is 1.68. The minimum atomic E-state index is -4.29. The van der Waals surface area contributed by atoms with Gasteiger partial charge in [-0.25, -0.2) is 0 Å². The van der Waals surface area contributed by atoms with E-state index in [0.29, 0.717) is 0 Å². The first-order valence-electron chi connectivity index (χ1n) is 4.01. The van der Waals surface area contributed by atoms with Gasteiger partial charge in [-0.15, -0.1) is 0 Å².